The molecule has 2 rings (SSSR count). The minimum Gasteiger partial charge on any atom is -0.327 e. The third-order valence-electron chi connectivity index (χ3n) is 3.26. The lowest BCUT2D eigenvalue weighted by Crippen LogP contribution is -2.08. The van der Waals surface area contributed by atoms with Crippen LogP contribution in [0.3, 0.4) is 0 Å². The summed E-state index contributed by atoms with van der Waals surface area (Å²) >= 11 is 10.5. The molecule has 0 aliphatic carbocycles. The van der Waals surface area contributed by atoms with Crippen molar-refractivity contribution < 1.29 is 0 Å². The van der Waals surface area contributed by atoms with Gasteiger partial charge in [0.25, 0.3) is 0 Å². The van der Waals surface area contributed by atoms with Crippen molar-refractivity contribution in [3.05, 3.63) is 27.6 Å². The molecule has 0 bridgehead atoms. The summed E-state index contributed by atoms with van der Waals surface area (Å²) in [4.78, 5) is 4.70. The van der Waals surface area contributed by atoms with E-state index >= 15 is 0 Å². The number of aromatic nitrogens is 2. The van der Waals surface area contributed by atoms with Crippen molar-refractivity contribution in [1.82, 2.24) is 9.55 Å². The average molecular weight is 409 g/mol. The molecule has 1 aromatic carbocycles. The van der Waals surface area contributed by atoms with E-state index in [0.29, 0.717) is 5.25 Å². The predicted octanol–water partition coefficient (Wildman–Crippen LogP) is 5.08. The monoisotopic (exact) mass is 408 g/mol. The molecular weight excluding hydrogens is 391 g/mol. The largest absolute Gasteiger partial charge is 0.327 e. The molecule has 5 heteroatoms. The number of nitrogens with zero attached hydrogens (tertiary/aromatic N) is 2. The van der Waals surface area contributed by atoms with Gasteiger partial charge in [-0.2, -0.15) is 11.8 Å². The SMILES string of the molecule is CSC(C)CCn1c(C(C)Cl)nc2cc(I)ccc21. The Balaban J connectivity index is 2.40. The fourth-order valence-electron chi connectivity index (χ4n) is 2.09. The first-order chi connectivity index (χ1) is 9.02. The van der Waals surface area contributed by atoms with Gasteiger partial charge in [-0.3, -0.25) is 0 Å². The summed E-state index contributed by atoms with van der Waals surface area (Å²) in [7, 11) is 0. The Labute approximate surface area is 137 Å². The zero-order valence-electron chi connectivity index (χ0n) is 11.4. The molecule has 2 unspecified atom stereocenters. The van der Waals surface area contributed by atoms with Crippen molar-refractivity contribution >= 4 is 57.0 Å². The van der Waals surface area contributed by atoms with Crippen molar-refractivity contribution in [2.24, 2.45) is 0 Å². The number of halogens is 2. The number of aryl methyl sites for hydroxylation is 1. The number of alkyl halides is 1. The average Bonchev–Trinajstić information content (AvgIpc) is 2.73. The molecular formula is C14H18ClIN2S. The fraction of sp³-hybridized carbons (Fsp3) is 0.500. The van der Waals surface area contributed by atoms with Gasteiger partial charge in [0.15, 0.2) is 0 Å². The highest BCUT2D eigenvalue weighted by atomic mass is 127. The topological polar surface area (TPSA) is 17.8 Å². The van der Waals surface area contributed by atoms with Crippen LogP contribution in [0.1, 0.15) is 31.5 Å². The van der Waals surface area contributed by atoms with Gasteiger partial charge in [0.2, 0.25) is 0 Å². The van der Waals surface area contributed by atoms with Crippen LogP contribution in [0.2, 0.25) is 0 Å². The van der Waals surface area contributed by atoms with Crippen molar-refractivity contribution in [3.8, 4) is 0 Å². The molecule has 0 amide bonds. The summed E-state index contributed by atoms with van der Waals surface area (Å²) in [6.07, 6.45) is 3.29. The molecule has 104 valence electrons. The van der Waals surface area contributed by atoms with Crippen LogP contribution in [0.25, 0.3) is 11.0 Å². The van der Waals surface area contributed by atoms with Crippen LogP contribution in [0.4, 0.5) is 0 Å². The number of fused-ring (bicyclic) bond motifs is 1. The Bertz CT molecular complexity index is 568. The third kappa shape index (κ3) is 3.58. The lowest BCUT2D eigenvalue weighted by Gasteiger charge is -2.13. The van der Waals surface area contributed by atoms with E-state index in [4.69, 9.17) is 16.6 Å². The standard InChI is InChI=1S/C14H18ClIN2S/c1-9(19-3)6-7-18-13-5-4-11(16)8-12(13)17-14(18)10(2)15/h4-5,8-10H,6-7H2,1-3H3. The van der Waals surface area contributed by atoms with E-state index in [9.17, 15) is 0 Å². The molecule has 0 N–H and O–H groups in total. The first-order valence-electron chi connectivity index (χ1n) is 6.35. The maximum absolute atomic E-state index is 6.28. The van der Waals surface area contributed by atoms with Crippen LogP contribution in [0.5, 0.6) is 0 Å². The van der Waals surface area contributed by atoms with Crippen LogP contribution < -0.4 is 0 Å². The van der Waals surface area contributed by atoms with Gasteiger partial charge in [0.1, 0.15) is 5.82 Å². The molecule has 2 nitrogen and oxygen atoms in total. The Kier molecular flexibility index (Phi) is 5.43. The summed E-state index contributed by atoms with van der Waals surface area (Å²) in [5, 5.41) is 0.592. The quantitative estimate of drug-likeness (QED) is 0.507. The summed E-state index contributed by atoms with van der Waals surface area (Å²) < 4.78 is 3.48. The van der Waals surface area contributed by atoms with Gasteiger partial charge in [0.05, 0.1) is 16.4 Å². The van der Waals surface area contributed by atoms with Gasteiger partial charge >= 0.3 is 0 Å². The molecule has 0 aliphatic heterocycles. The minimum absolute atomic E-state index is 0.0605. The molecule has 0 saturated carbocycles. The third-order valence-corrected chi connectivity index (χ3v) is 5.16. The lowest BCUT2D eigenvalue weighted by molar-refractivity contribution is 0.623. The molecule has 0 saturated heterocycles. The number of rotatable bonds is 5. The summed E-state index contributed by atoms with van der Waals surface area (Å²) in [5.74, 6) is 0.979. The highest BCUT2D eigenvalue weighted by Crippen LogP contribution is 2.26. The van der Waals surface area contributed by atoms with E-state index in [1.807, 2.05) is 18.7 Å². The van der Waals surface area contributed by atoms with Crippen LogP contribution in [0.15, 0.2) is 18.2 Å². The number of imidazole rings is 1. The Morgan fingerprint density at radius 2 is 2.16 bits per heavy atom. The Hall–Kier alpha value is 0.0600. The van der Waals surface area contributed by atoms with Gasteiger partial charge < -0.3 is 4.57 Å². The molecule has 1 aromatic heterocycles. The fourth-order valence-corrected chi connectivity index (χ4v) is 3.07. The molecule has 2 atom stereocenters. The van der Waals surface area contributed by atoms with Crippen LogP contribution in [-0.2, 0) is 6.54 Å². The lowest BCUT2D eigenvalue weighted by atomic mass is 10.3. The van der Waals surface area contributed by atoms with E-state index in [-0.39, 0.29) is 5.38 Å². The normalized spacial score (nSPS) is 14.8. The second kappa shape index (κ2) is 6.68. The molecule has 0 radical (unpaired) electrons. The van der Waals surface area contributed by atoms with Crippen molar-refractivity contribution in [1.29, 1.82) is 0 Å². The summed E-state index contributed by atoms with van der Waals surface area (Å²) in [6, 6.07) is 6.39. The van der Waals surface area contributed by atoms with Gasteiger partial charge in [-0.15, -0.1) is 11.6 Å². The predicted molar refractivity (Wildman–Crippen MR) is 94.3 cm³/mol. The maximum atomic E-state index is 6.28. The number of thioether (sulfide) groups is 1. The first kappa shape index (κ1) is 15.4. The van der Waals surface area contributed by atoms with E-state index < -0.39 is 0 Å². The van der Waals surface area contributed by atoms with Gasteiger partial charge in [-0.25, -0.2) is 4.98 Å². The zero-order chi connectivity index (χ0) is 14.0. The Morgan fingerprint density at radius 1 is 1.42 bits per heavy atom. The van der Waals surface area contributed by atoms with Crippen LogP contribution in [-0.4, -0.2) is 21.1 Å². The minimum atomic E-state index is -0.0605. The van der Waals surface area contributed by atoms with Gasteiger partial charge in [-0.05, 0) is 60.4 Å². The summed E-state index contributed by atoms with van der Waals surface area (Å²) in [6.45, 7) is 5.23. The van der Waals surface area contributed by atoms with E-state index in [1.165, 1.54) is 9.09 Å². The van der Waals surface area contributed by atoms with Crippen molar-refractivity contribution in [2.75, 3.05) is 6.26 Å². The maximum Gasteiger partial charge on any atom is 0.127 e. The van der Waals surface area contributed by atoms with E-state index in [0.717, 1.165) is 24.3 Å². The first-order valence-corrected chi connectivity index (χ1v) is 9.15. The molecule has 0 aliphatic rings. The molecule has 0 spiro atoms. The summed E-state index contributed by atoms with van der Waals surface area (Å²) in [5.41, 5.74) is 2.24. The van der Waals surface area contributed by atoms with E-state index in [1.54, 1.807) is 0 Å². The van der Waals surface area contributed by atoms with Crippen LogP contribution >= 0.6 is 46.0 Å². The molecule has 1 heterocycles. The second-order valence-corrected chi connectivity index (χ2v) is 7.88. The number of benzene rings is 1. The van der Waals surface area contributed by atoms with Gasteiger partial charge in [-0.1, -0.05) is 6.92 Å². The molecule has 19 heavy (non-hydrogen) atoms. The van der Waals surface area contributed by atoms with Crippen molar-refractivity contribution in [3.63, 3.8) is 0 Å². The van der Waals surface area contributed by atoms with Gasteiger partial charge in [0, 0.05) is 15.4 Å². The second-order valence-electron chi connectivity index (χ2n) is 4.71. The smallest absolute Gasteiger partial charge is 0.127 e. The van der Waals surface area contributed by atoms with Crippen LogP contribution in [0, 0.1) is 3.57 Å². The zero-order valence-corrected chi connectivity index (χ0v) is 15.1. The molecule has 2 aromatic rings. The van der Waals surface area contributed by atoms with Crippen molar-refractivity contribution in [2.45, 2.75) is 37.4 Å². The Morgan fingerprint density at radius 3 is 2.79 bits per heavy atom. The highest BCUT2D eigenvalue weighted by Gasteiger charge is 2.15. The molecule has 0 fully saturated rings. The number of hydrogen-bond donors (Lipinski definition) is 0. The number of hydrogen-bond acceptors (Lipinski definition) is 2. The highest BCUT2D eigenvalue weighted by molar-refractivity contribution is 14.1. The van der Waals surface area contributed by atoms with E-state index in [2.05, 4.69) is 58.5 Å².